The van der Waals surface area contributed by atoms with Gasteiger partial charge in [-0.3, -0.25) is 14.9 Å². The van der Waals surface area contributed by atoms with E-state index >= 15 is 0 Å². The van der Waals surface area contributed by atoms with Crippen molar-refractivity contribution in [2.75, 3.05) is 6.26 Å². The first-order valence-electron chi connectivity index (χ1n) is 6.98. The summed E-state index contributed by atoms with van der Waals surface area (Å²) in [4.78, 5) is 23.3. The van der Waals surface area contributed by atoms with E-state index in [1.807, 2.05) is 6.92 Å². The predicted molar refractivity (Wildman–Crippen MR) is 85.9 cm³/mol. The van der Waals surface area contributed by atoms with Crippen molar-refractivity contribution < 1.29 is 9.72 Å². The number of nitrogens with one attached hydrogen (secondary N) is 1. The highest BCUT2D eigenvalue weighted by Gasteiger charge is 2.18. The average molecular weight is 310 g/mol. The number of nitrogens with zero attached hydrogens (tertiary/aromatic N) is 1. The molecule has 0 radical (unpaired) electrons. The van der Waals surface area contributed by atoms with E-state index in [0.717, 1.165) is 12.8 Å². The molecule has 0 saturated carbocycles. The molecule has 0 aliphatic heterocycles. The zero-order chi connectivity index (χ0) is 16.0. The van der Waals surface area contributed by atoms with Gasteiger partial charge in [-0.1, -0.05) is 13.8 Å². The molecule has 0 bridgehead atoms. The second kappa shape index (κ2) is 8.02. The Hall–Kier alpha value is -1.56. The van der Waals surface area contributed by atoms with Gasteiger partial charge in [0.2, 0.25) is 0 Å². The van der Waals surface area contributed by atoms with Crippen molar-refractivity contribution in [3.05, 3.63) is 33.9 Å². The van der Waals surface area contributed by atoms with Crippen molar-refractivity contribution >= 4 is 23.4 Å². The van der Waals surface area contributed by atoms with Crippen LogP contribution in [0, 0.1) is 16.0 Å². The van der Waals surface area contributed by atoms with E-state index < -0.39 is 4.92 Å². The van der Waals surface area contributed by atoms with Gasteiger partial charge < -0.3 is 5.32 Å². The summed E-state index contributed by atoms with van der Waals surface area (Å²) in [5.74, 6) is 0.327. The topological polar surface area (TPSA) is 72.2 Å². The number of nitro groups is 1. The fraction of sp³-hybridized carbons (Fsp3) is 0.533. The van der Waals surface area contributed by atoms with Gasteiger partial charge >= 0.3 is 0 Å². The molecule has 6 heteroatoms. The Morgan fingerprint density at radius 3 is 2.52 bits per heavy atom. The van der Waals surface area contributed by atoms with Gasteiger partial charge in [0.15, 0.2) is 0 Å². The van der Waals surface area contributed by atoms with Crippen molar-refractivity contribution in [2.45, 2.75) is 44.6 Å². The molecular formula is C15H22N2O3S. The van der Waals surface area contributed by atoms with Gasteiger partial charge in [-0.15, -0.1) is 11.8 Å². The zero-order valence-corrected chi connectivity index (χ0v) is 13.7. The predicted octanol–water partition coefficient (Wildman–Crippen LogP) is 3.87. The number of carbonyl (C=O) groups is 1. The Kier molecular flexibility index (Phi) is 6.68. The molecule has 0 heterocycles. The Bertz CT molecular complexity index is 518. The van der Waals surface area contributed by atoms with Gasteiger partial charge in [0.1, 0.15) is 0 Å². The smallest absolute Gasteiger partial charge is 0.283 e. The Morgan fingerprint density at radius 2 is 2.00 bits per heavy atom. The SMILES string of the molecule is CSc1ccc(C(=O)NC(C)CCC(C)C)cc1[N+](=O)[O-]. The molecule has 0 aromatic heterocycles. The number of nitro benzene ring substituents is 1. The molecule has 0 saturated heterocycles. The zero-order valence-electron chi connectivity index (χ0n) is 12.9. The van der Waals surface area contributed by atoms with E-state index in [-0.39, 0.29) is 17.6 Å². The maximum Gasteiger partial charge on any atom is 0.283 e. The van der Waals surface area contributed by atoms with Crippen LogP contribution in [0.3, 0.4) is 0 Å². The van der Waals surface area contributed by atoms with E-state index in [1.165, 1.54) is 17.8 Å². The average Bonchev–Trinajstić information content (AvgIpc) is 2.44. The molecule has 1 N–H and O–H groups in total. The highest BCUT2D eigenvalue weighted by molar-refractivity contribution is 7.98. The van der Waals surface area contributed by atoms with Gasteiger partial charge in [-0.05, 0) is 44.1 Å². The van der Waals surface area contributed by atoms with Crippen LogP contribution in [-0.2, 0) is 0 Å². The first-order valence-corrected chi connectivity index (χ1v) is 8.21. The molecule has 0 aliphatic carbocycles. The van der Waals surface area contributed by atoms with E-state index in [0.29, 0.717) is 16.4 Å². The van der Waals surface area contributed by atoms with Crippen molar-refractivity contribution in [1.82, 2.24) is 5.32 Å². The minimum absolute atomic E-state index is 0.0232. The van der Waals surface area contributed by atoms with E-state index in [1.54, 1.807) is 18.4 Å². The number of rotatable bonds is 7. The van der Waals surface area contributed by atoms with Crippen molar-refractivity contribution in [3.8, 4) is 0 Å². The molecule has 116 valence electrons. The lowest BCUT2D eigenvalue weighted by Gasteiger charge is -2.15. The van der Waals surface area contributed by atoms with Crippen LogP contribution in [0.25, 0.3) is 0 Å². The highest BCUT2D eigenvalue weighted by atomic mass is 32.2. The Labute approximate surface area is 129 Å². The summed E-state index contributed by atoms with van der Waals surface area (Å²) in [6.45, 7) is 6.23. The van der Waals surface area contributed by atoms with Gasteiger partial charge in [0, 0.05) is 17.7 Å². The number of thioether (sulfide) groups is 1. The quantitative estimate of drug-likeness (QED) is 0.471. The van der Waals surface area contributed by atoms with Crippen LogP contribution in [0.4, 0.5) is 5.69 Å². The summed E-state index contributed by atoms with van der Waals surface area (Å²) in [5, 5.41) is 13.9. The van der Waals surface area contributed by atoms with Gasteiger partial charge in [0.05, 0.1) is 9.82 Å². The highest BCUT2D eigenvalue weighted by Crippen LogP contribution is 2.28. The lowest BCUT2D eigenvalue weighted by molar-refractivity contribution is -0.387. The minimum Gasteiger partial charge on any atom is -0.350 e. The molecule has 0 fully saturated rings. The maximum absolute atomic E-state index is 12.1. The molecule has 5 nitrogen and oxygen atoms in total. The second-order valence-corrected chi connectivity index (χ2v) is 6.34. The van der Waals surface area contributed by atoms with Gasteiger partial charge in [0.25, 0.3) is 11.6 Å². The summed E-state index contributed by atoms with van der Waals surface area (Å²) < 4.78 is 0. The fourth-order valence-corrected chi connectivity index (χ4v) is 2.48. The summed E-state index contributed by atoms with van der Waals surface area (Å²) in [7, 11) is 0. The third-order valence-electron chi connectivity index (χ3n) is 3.19. The molecule has 0 aliphatic rings. The molecule has 1 amide bonds. The molecule has 21 heavy (non-hydrogen) atoms. The fourth-order valence-electron chi connectivity index (χ4n) is 1.94. The molecular weight excluding hydrogens is 288 g/mol. The van der Waals surface area contributed by atoms with Crippen LogP contribution >= 0.6 is 11.8 Å². The third kappa shape index (κ3) is 5.38. The molecule has 0 spiro atoms. The van der Waals surface area contributed by atoms with Crippen LogP contribution in [0.2, 0.25) is 0 Å². The van der Waals surface area contributed by atoms with Gasteiger partial charge in [-0.25, -0.2) is 0 Å². The normalized spacial score (nSPS) is 12.2. The number of amides is 1. The molecule has 1 atom stereocenters. The lowest BCUT2D eigenvalue weighted by atomic mass is 10.0. The van der Waals surface area contributed by atoms with E-state index in [4.69, 9.17) is 0 Å². The molecule has 1 aromatic rings. The summed E-state index contributed by atoms with van der Waals surface area (Å²) in [5.41, 5.74) is 0.306. The number of benzene rings is 1. The Morgan fingerprint density at radius 1 is 1.33 bits per heavy atom. The van der Waals surface area contributed by atoms with Crippen molar-refractivity contribution in [2.24, 2.45) is 5.92 Å². The third-order valence-corrected chi connectivity index (χ3v) is 3.98. The lowest BCUT2D eigenvalue weighted by Crippen LogP contribution is -2.32. The van der Waals surface area contributed by atoms with Crippen molar-refractivity contribution in [1.29, 1.82) is 0 Å². The monoisotopic (exact) mass is 310 g/mol. The molecule has 1 aromatic carbocycles. The van der Waals surface area contributed by atoms with E-state index in [2.05, 4.69) is 19.2 Å². The van der Waals surface area contributed by atoms with Crippen LogP contribution in [0.5, 0.6) is 0 Å². The maximum atomic E-state index is 12.1. The summed E-state index contributed by atoms with van der Waals surface area (Å²) in [6, 6.07) is 4.65. The van der Waals surface area contributed by atoms with E-state index in [9.17, 15) is 14.9 Å². The first-order chi connectivity index (χ1) is 9.85. The van der Waals surface area contributed by atoms with Crippen molar-refractivity contribution in [3.63, 3.8) is 0 Å². The van der Waals surface area contributed by atoms with Crippen LogP contribution in [-0.4, -0.2) is 23.1 Å². The number of carbonyl (C=O) groups excluding carboxylic acids is 1. The standard InChI is InChI=1S/C15H22N2O3S/c1-10(2)5-6-11(3)16-15(18)12-7-8-14(21-4)13(9-12)17(19)20/h7-11H,5-6H2,1-4H3,(H,16,18). The molecule has 1 rings (SSSR count). The first kappa shape index (κ1) is 17.5. The van der Waals surface area contributed by atoms with Crippen LogP contribution < -0.4 is 5.32 Å². The largest absolute Gasteiger partial charge is 0.350 e. The minimum atomic E-state index is -0.454. The molecule has 1 unspecified atom stereocenters. The Balaban J connectivity index is 2.78. The summed E-state index contributed by atoms with van der Waals surface area (Å²) in [6.07, 6.45) is 3.71. The van der Waals surface area contributed by atoms with Crippen LogP contribution in [0.15, 0.2) is 23.1 Å². The number of hydrogen-bond donors (Lipinski definition) is 1. The number of hydrogen-bond acceptors (Lipinski definition) is 4. The second-order valence-electron chi connectivity index (χ2n) is 5.49. The van der Waals surface area contributed by atoms with Crippen LogP contribution in [0.1, 0.15) is 44.0 Å². The van der Waals surface area contributed by atoms with Gasteiger partial charge in [-0.2, -0.15) is 0 Å². The summed E-state index contributed by atoms with van der Waals surface area (Å²) >= 11 is 1.30.